The number of aryl methyl sites for hydroxylation is 1. The van der Waals surface area contributed by atoms with Gasteiger partial charge in [-0.2, -0.15) is 0 Å². The van der Waals surface area contributed by atoms with E-state index in [1.165, 1.54) is 36.0 Å². The SMILES string of the molecule is Cc1ccc(N2C(=O)CS[C@@H]2c2cccc(NC(=O)c3cccc([N+](=O)[O-])c3)c2)cc1. The van der Waals surface area contributed by atoms with Crippen molar-refractivity contribution in [3.63, 3.8) is 0 Å². The van der Waals surface area contributed by atoms with E-state index in [4.69, 9.17) is 0 Å². The number of nitro groups is 1. The first-order chi connectivity index (χ1) is 14.9. The van der Waals surface area contributed by atoms with Crippen LogP contribution in [0.4, 0.5) is 17.1 Å². The number of hydrogen-bond acceptors (Lipinski definition) is 5. The van der Waals surface area contributed by atoms with Gasteiger partial charge in [0.15, 0.2) is 0 Å². The molecule has 31 heavy (non-hydrogen) atoms. The highest BCUT2D eigenvalue weighted by molar-refractivity contribution is 8.00. The summed E-state index contributed by atoms with van der Waals surface area (Å²) in [5.41, 5.74) is 3.44. The van der Waals surface area contributed by atoms with Gasteiger partial charge in [-0.1, -0.05) is 35.9 Å². The summed E-state index contributed by atoms with van der Waals surface area (Å²) in [5, 5.41) is 13.5. The molecule has 0 bridgehead atoms. The Morgan fingerprint density at radius 1 is 1.10 bits per heavy atom. The standard InChI is InChI=1S/C23H19N3O4S/c1-15-8-10-19(11-9-15)25-21(27)14-31-23(25)17-5-2-6-18(12-17)24-22(28)16-4-3-7-20(13-16)26(29)30/h2-13,23H,14H2,1H3,(H,24,28)/t23-/m1/s1. The molecule has 4 rings (SSSR count). The summed E-state index contributed by atoms with van der Waals surface area (Å²) in [4.78, 5) is 37.3. The van der Waals surface area contributed by atoms with Crippen LogP contribution in [-0.2, 0) is 4.79 Å². The predicted molar refractivity (Wildman–Crippen MR) is 121 cm³/mol. The number of carbonyl (C=O) groups excluding carboxylic acids is 2. The van der Waals surface area contributed by atoms with E-state index in [-0.39, 0.29) is 22.5 Å². The van der Waals surface area contributed by atoms with Crippen molar-refractivity contribution in [1.82, 2.24) is 0 Å². The molecule has 0 aromatic heterocycles. The second-order valence-electron chi connectivity index (χ2n) is 7.15. The summed E-state index contributed by atoms with van der Waals surface area (Å²) < 4.78 is 0. The molecule has 3 aromatic rings. The molecule has 2 amide bonds. The molecule has 1 aliphatic heterocycles. The summed E-state index contributed by atoms with van der Waals surface area (Å²) >= 11 is 1.53. The van der Waals surface area contributed by atoms with Gasteiger partial charge in [0.05, 0.1) is 10.7 Å². The molecule has 0 aliphatic carbocycles. The third-order valence-corrected chi connectivity index (χ3v) is 6.14. The second-order valence-corrected chi connectivity index (χ2v) is 8.22. The van der Waals surface area contributed by atoms with Crippen molar-refractivity contribution in [2.45, 2.75) is 12.3 Å². The average molecular weight is 433 g/mol. The first-order valence-electron chi connectivity index (χ1n) is 9.58. The minimum absolute atomic E-state index is 0.0323. The van der Waals surface area contributed by atoms with E-state index < -0.39 is 10.8 Å². The lowest BCUT2D eigenvalue weighted by Gasteiger charge is -2.25. The van der Waals surface area contributed by atoms with Crippen LogP contribution >= 0.6 is 11.8 Å². The van der Waals surface area contributed by atoms with Crippen LogP contribution in [0.5, 0.6) is 0 Å². The topological polar surface area (TPSA) is 92.6 Å². The van der Waals surface area contributed by atoms with Crippen molar-refractivity contribution in [1.29, 1.82) is 0 Å². The van der Waals surface area contributed by atoms with Crippen molar-refractivity contribution >= 4 is 40.6 Å². The average Bonchev–Trinajstić information content (AvgIpc) is 3.16. The number of thioether (sulfide) groups is 1. The van der Waals surface area contributed by atoms with Crippen LogP contribution in [0, 0.1) is 17.0 Å². The molecule has 1 heterocycles. The Morgan fingerprint density at radius 3 is 2.58 bits per heavy atom. The van der Waals surface area contributed by atoms with Gasteiger partial charge in [-0.25, -0.2) is 0 Å². The Morgan fingerprint density at radius 2 is 1.84 bits per heavy atom. The summed E-state index contributed by atoms with van der Waals surface area (Å²) in [7, 11) is 0. The van der Waals surface area contributed by atoms with Crippen LogP contribution in [0.2, 0.25) is 0 Å². The molecule has 156 valence electrons. The van der Waals surface area contributed by atoms with Gasteiger partial charge < -0.3 is 5.32 Å². The molecular weight excluding hydrogens is 414 g/mol. The minimum atomic E-state index is -0.536. The van der Waals surface area contributed by atoms with Crippen LogP contribution in [0.25, 0.3) is 0 Å². The van der Waals surface area contributed by atoms with Gasteiger partial charge in [0.25, 0.3) is 11.6 Å². The molecule has 1 aliphatic rings. The minimum Gasteiger partial charge on any atom is -0.322 e. The number of amides is 2. The fraction of sp³-hybridized carbons (Fsp3) is 0.130. The van der Waals surface area contributed by atoms with Crippen molar-refractivity contribution in [3.05, 3.63) is 99.6 Å². The maximum atomic E-state index is 12.6. The number of benzene rings is 3. The van der Waals surface area contributed by atoms with Crippen molar-refractivity contribution in [2.24, 2.45) is 0 Å². The van der Waals surface area contributed by atoms with Gasteiger partial charge in [0, 0.05) is 29.1 Å². The number of nitrogens with one attached hydrogen (secondary N) is 1. The van der Waals surface area contributed by atoms with Gasteiger partial charge >= 0.3 is 0 Å². The van der Waals surface area contributed by atoms with Crippen LogP contribution in [-0.4, -0.2) is 22.5 Å². The number of carbonyl (C=O) groups is 2. The number of anilines is 2. The monoisotopic (exact) mass is 433 g/mol. The molecule has 0 saturated carbocycles. The zero-order valence-electron chi connectivity index (χ0n) is 16.6. The Balaban J connectivity index is 1.57. The number of nitrogens with zero attached hydrogens (tertiary/aromatic N) is 2. The van der Waals surface area contributed by atoms with Crippen molar-refractivity contribution in [2.75, 3.05) is 16.0 Å². The van der Waals surface area contributed by atoms with Crippen LogP contribution in [0.3, 0.4) is 0 Å². The van der Waals surface area contributed by atoms with E-state index >= 15 is 0 Å². The second kappa shape index (κ2) is 8.61. The smallest absolute Gasteiger partial charge is 0.270 e. The maximum Gasteiger partial charge on any atom is 0.270 e. The van der Waals surface area contributed by atoms with Gasteiger partial charge in [-0.05, 0) is 42.8 Å². The fourth-order valence-corrected chi connectivity index (χ4v) is 4.56. The first kappa shape index (κ1) is 20.6. The predicted octanol–water partition coefficient (Wildman–Crippen LogP) is 4.93. The Kier molecular flexibility index (Phi) is 5.73. The van der Waals surface area contributed by atoms with E-state index in [0.717, 1.165) is 16.8 Å². The largest absolute Gasteiger partial charge is 0.322 e. The third kappa shape index (κ3) is 4.44. The molecule has 8 heteroatoms. The van der Waals surface area contributed by atoms with Crippen molar-refractivity contribution in [3.8, 4) is 0 Å². The zero-order chi connectivity index (χ0) is 22.0. The molecule has 1 N–H and O–H groups in total. The van der Waals surface area contributed by atoms with Gasteiger partial charge in [-0.3, -0.25) is 24.6 Å². The Bertz CT molecular complexity index is 1160. The quantitative estimate of drug-likeness (QED) is 0.455. The van der Waals surface area contributed by atoms with Crippen molar-refractivity contribution < 1.29 is 14.5 Å². The summed E-state index contributed by atoms with van der Waals surface area (Å²) in [5.74, 6) is -0.0284. The summed E-state index contributed by atoms with van der Waals surface area (Å²) in [6.45, 7) is 2.00. The van der Waals surface area contributed by atoms with E-state index in [1.54, 1.807) is 11.0 Å². The van der Waals surface area contributed by atoms with E-state index in [9.17, 15) is 19.7 Å². The van der Waals surface area contributed by atoms with E-state index in [1.807, 2.05) is 49.4 Å². The molecule has 0 unspecified atom stereocenters. The Labute approximate surface area is 183 Å². The highest BCUT2D eigenvalue weighted by atomic mass is 32.2. The Hall–Kier alpha value is -3.65. The van der Waals surface area contributed by atoms with E-state index in [0.29, 0.717) is 11.4 Å². The van der Waals surface area contributed by atoms with Crippen LogP contribution in [0.15, 0.2) is 72.8 Å². The number of rotatable bonds is 5. The fourth-order valence-electron chi connectivity index (χ4n) is 3.39. The van der Waals surface area contributed by atoms with E-state index in [2.05, 4.69) is 5.32 Å². The molecule has 1 atom stereocenters. The molecule has 1 fully saturated rings. The highest BCUT2D eigenvalue weighted by Crippen LogP contribution is 2.42. The molecular formula is C23H19N3O4S. The lowest BCUT2D eigenvalue weighted by atomic mass is 10.1. The summed E-state index contributed by atoms with van der Waals surface area (Å²) in [6, 6.07) is 20.7. The highest BCUT2D eigenvalue weighted by Gasteiger charge is 2.34. The zero-order valence-corrected chi connectivity index (χ0v) is 17.5. The number of hydrogen-bond donors (Lipinski definition) is 1. The molecule has 1 saturated heterocycles. The third-order valence-electron chi connectivity index (χ3n) is 4.93. The lowest BCUT2D eigenvalue weighted by Crippen LogP contribution is -2.27. The number of non-ortho nitro benzene ring substituents is 1. The van der Waals surface area contributed by atoms with Gasteiger partial charge in [0.1, 0.15) is 5.37 Å². The normalized spacial score (nSPS) is 15.7. The molecule has 7 nitrogen and oxygen atoms in total. The van der Waals surface area contributed by atoms with Crippen LogP contribution in [0.1, 0.15) is 26.9 Å². The molecule has 0 radical (unpaired) electrons. The molecule has 0 spiro atoms. The summed E-state index contributed by atoms with van der Waals surface area (Å²) in [6.07, 6.45) is 0. The number of nitro benzene ring substituents is 1. The van der Waals surface area contributed by atoms with Gasteiger partial charge in [-0.15, -0.1) is 11.8 Å². The lowest BCUT2D eigenvalue weighted by molar-refractivity contribution is -0.384. The van der Waals surface area contributed by atoms with Crippen LogP contribution < -0.4 is 10.2 Å². The van der Waals surface area contributed by atoms with Gasteiger partial charge in [0.2, 0.25) is 5.91 Å². The molecule has 3 aromatic carbocycles. The maximum absolute atomic E-state index is 12.6. The first-order valence-corrected chi connectivity index (χ1v) is 10.6.